The van der Waals surface area contributed by atoms with Gasteiger partial charge >= 0.3 is 5.97 Å². The van der Waals surface area contributed by atoms with Crippen LogP contribution in [0.25, 0.3) is 0 Å². The van der Waals surface area contributed by atoms with Crippen molar-refractivity contribution in [1.82, 2.24) is 4.90 Å². The largest absolute Gasteiger partial charge is 0.480 e. The van der Waals surface area contributed by atoms with E-state index in [1.54, 1.807) is 23.1 Å². The molecule has 0 aromatic heterocycles. The lowest BCUT2D eigenvalue weighted by Gasteiger charge is -2.19. The number of carbonyl (C=O) groups is 2. The van der Waals surface area contributed by atoms with Crippen LogP contribution < -0.4 is 5.32 Å². The van der Waals surface area contributed by atoms with E-state index in [2.05, 4.69) is 5.32 Å². The number of anilines is 1. The fourth-order valence-electron chi connectivity index (χ4n) is 1.71. The van der Waals surface area contributed by atoms with Gasteiger partial charge < -0.3 is 10.4 Å². The number of carboxylic acid groups (broad SMARTS) is 1. The molecule has 0 saturated carbocycles. The molecule has 1 aromatic carbocycles. The Morgan fingerprint density at radius 3 is 2.60 bits per heavy atom. The maximum absolute atomic E-state index is 11.9. The highest BCUT2D eigenvalue weighted by molar-refractivity contribution is 6.43. The number of hydrogen-bond acceptors (Lipinski definition) is 3. The highest BCUT2D eigenvalue weighted by atomic mass is 35.5. The molecule has 0 bridgehead atoms. The molecule has 0 aliphatic rings. The number of amides is 1. The van der Waals surface area contributed by atoms with Crippen molar-refractivity contribution < 1.29 is 14.7 Å². The molecule has 110 valence electrons. The van der Waals surface area contributed by atoms with Crippen molar-refractivity contribution in [3.8, 4) is 0 Å². The molecular formula is C13H16Cl2N2O3. The molecule has 0 spiro atoms. The van der Waals surface area contributed by atoms with Gasteiger partial charge in [-0.2, -0.15) is 0 Å². The predicted molar refractivity (Wildman–Crippen MR) is 79.5 cm³/mol. The summed E-state index contributed by atoms with van der Waals surface area (Å²) in [7, 11) is 0. The lowest BCUT2D eigenvalue weighted by molar-refractivity contribution is -0.138. The van der Waals surface area contributed by atoms with Crippen LogP contribution in [0.5, 0.6) is 0 Å². The van der Waals surface area contributed by atoms with Crippen LogP contribution in [0.15, 0.2) is 18.2 Å². The van der Waals surface area contributed by atoms with Gasteiger partial charge in [0, 0.05) is 0 Å². The molecular weight excluding hydrogens is 303 g/mol. The average Bonchev–Trinajstić information content (AvgIpc) is 2.34. The minimum absolute atomic E-state index is 0.0109. The van der Waals surface area contributed by atoms with E-state index in [1.807, 2.05) is 6.92 Å². The number of nitrogens with one attached hydrogen (secondary N) is 1. The van der Waals surface area contributed by atoms with Gasteiger partial charge in [0.2, 0.25) is 5.91 Å². The number of nitrogens with zero attached hydrogens (tertiary/aromatic N) is 1. The van der Waals surface area contributed by atoms with Gasteiger partial charge in [0.1, 0.15) is 0 Å². The van der Waals surface area contributed by atoms with Gasteiger partial charge in [-0.25, -0.2) is 0 Å². The number of carbonyl (C=O) groups excluding carboxylic acids is 1. The molecule has 0 aliphatic carbocycles. The molecule has 5 nitrogen and oxygen atoms in total. The molecule has 0 fully saturated rings. The molecule has 1 rings (SSSR count). The molecule has 7 heteroatoms. The van der Waals surface area contributed by atoms with Gasteiger partial charge in [0.15, 0.2) is 0 Å². The number of carboxylic acids is 1. The van der Waals surface area contributed by atoms with Crippen LogP contribution in [0.1, 0.15) is 13.3 Å². The van der Waals surface area contributed by atoms with Gasteiger partial charge in [-0.05, 0) is 25.1 Å². The summed E-state index contributed by atoms with van der Waals surface area (Å²) in [6.07, 6.45) is 0.762. The number of rotatable bonds is 7. The van der Waals surface area contributed by atoms with Gasteiger partial charge in [0.05, 0.1) is 28.8 Å². The van der Waals surface area contributed by atoms with Crippen LogP contribution >= 0.6 is 23.2 Å². The van der Waals surface area contributed by atoms with Gasteiger partial charge in [-0.15, -0.1) is 0 Å². The second kappa shape index (κ2) is 8.09. The van der Waals surface area contributed by atoms with Crippen LogP contribution in [-0.2, 0) is 9.59 Å². The Hall–Kier alpha value is -1.30. The summed E-state index contributed by atoms with van der Waals surface area (Å²) in [5.74, 6) is -1.30. The Kier molecular flexibility index (Phi) is 6.78. The van der Waals surface area contributed by atoms with Crippen molar-refractivity contribution >= 4 is 40.8 Å². The zero-order valence-electron chi connectivity index (χ0n) is 11.0. The van der Waals surface area contributed by atoms with Crippen molar-refractivity contribution in [1.29, 1.82) is 0 Å². The standard InChI is InChI=1S/C13H16Cl2N2O3/c1-2-6-17(8-12(19)20)7-11(18)16-10-5-3-4-9(14)13(10)15/h3-5H,2,6-8H2,1H3,(H,16,18)(H,19,20). The highest BCUT2D eigenvalue weighted by Gasteiger charge is 2.14. The third-order valence-electron chi connectivity index (χ3n) is 2.49. The first kappa shape index (κ1) is 16.8. The summed E-state index contributed by atoms with van der Waals surface area (Å²) in [4.78, 5) is 24.2. The molecule has 0 aliphatic heterocycles. The van der Waals surface area contributed by atoms with E-state index in [0.717, 1.165) is 6.42 Å². The first-order valence-corrected chi connectivity index (χ1v) is 6.87. The van der Waals surface area contributed by atoms with Gasteiger partial charge in [0.25, 0.3) is 0 Å². The fraction of sp³-hybridized carbons (Fsp3) is 0.385. The second-order valence-corrected chi connectivity index (χ2v) is 5.04. The van der Waals surface area contributed by atoms with Crippen molar-refractivity contribution in [3.05, 3.63) is 28.2 Å². The molecule has 20 heavy (non-hydrogen) atoms. The summed E-state index contributed by atoms with van der Waals surface area (Å²) >= 11 is 11.8. The monoisotopic (exact) mass is 318 g/mol. The number of aliphatic carboxylic acids is 1. The van der Waals surface area contributed by atoms with Crippen LogP contribution in [0.2, 0.25) is 10.0 Å². The van der Waals surface area contributed by atoms with Crippen LogP contribution in [-0.4, -0.2) is 41.5 Å². The van der Waals surface area contributed by atoms with Crippen molar-refractivity contribution in [2.24, 2.45) is 0 Å². The summed E-state index contributed by atoms with van der Waals surface area (Å²) in [6, 6.07) is 4.92. The maximum Gasteiger partial charge on any atom is 0.317 e. The molecule has 1 amide bonds. The Labute approximate surface area is 127 Å². The van der Waals surface area contributed by atoms with Crippen LogP contribution in [0.4, 0.5) is 5.69 Å². The zero-order valence-corrected chi connectivity index (χ0v) is 12.5. The van der Waals surface area contributed by atoms with Gasteiger partial charge in [-0.3, -0.25) is 14.5 Å². The van der Waals surface area contributed by atoms with Crippen molar-refractivity contribution in [2.45, 2.75) is 13.3 Å². The molecule has 0 atom stereocenters. The van der Waals surface area contributed by atoms with E-state index < -0.39 is 5.97 Å². The third-order valence-corrected chi connectivity index (χ3v) is 3.31. The van der Waals surface area contributed by atoms with Gasteiger partial charge in [-0.1, -0.05) is 36.2 Å². The van der Waals surface area contributed by atoms with E-state index in [4.69, 9.17) is 28.3 Å². The minimum atomic E-state index is -0.966. The summed E-state index contributed by atoms with van der Waals surface area (Å²) in [6.45, 7) is 2.26. The summed E-state index contributed by atoms with van der Waals surface area (Å²) in [5.41, 5.74) is 0.413. The first-order valence-electron chi connectivity index (χ1n) is 6.12. The van der Waals surface area contributed by atoms with Crippen LogP contribution in [0.3, 0.4) is 0 Å². The Morgan fingerprint density at radius 2 is 2.00 bits per heavy atom. The van der Waals surface area contributed by atoms with E-state index >= 15 is 0 Å². The summed E-state index contributed by atoms with van der Waals surface area (Å²) < 4.78 is 0. The summed E-state index contributed by atoms with van der Waals surface area (Å²) in [5, 5.41) is 12.0. The zero-order chi connectivity index (χ0) is 15.1. The SMILES string of the molecule is CCCN(CC(=O)O)CC(=O)Nc1cccc(Cl)c1Cl. The highest BCUT2D eigenvalue weighted by Crippen LogP contribution is 2.29. The van der Waals surface area contributed by atoms with Crippen molar-refractivity contribution in [2.75, 3.05) is 25.0 Å². The maximum atomic E-state index is 11.9. The quantitative estimate of drug-likeness (QED) is 0.811. The number of hydrogen-bond donors (Lipinski definition) is 2. The Bertz CT molecular complexity index is 495. The molecule has 0 unspecified atom stereocenters. The number of benzene rings is 1. The Morgan fingerprint density at radius 1 is 1.30 bits per heavy atom. The van der Waals surface area contributed by atoms with E-state index in [0.29, 0.717) is 17.3 Å². The fourth-order valence-corrected chi connectivity index (χ4v) is 2.06. The molecule has 2 N–H and O–H groups in total. The van der Waals surface area contributed by atoms with E-state index in [9.17, 15) is 9.59 Å². The molecule has 1 aromatic rings. The topological polar surface area (TPSA) is 69.6 Å². The number of halogens is 2. The van der Waals surface area contributed by atoms with E-state index in [1.165, 1.54) is 0 Å². The van der Waals surface area contributed by atoms with E-state index in [-0.39, 0.29) is 24.0 Å². The molecule has 0 radical (unpaired) electrons. The predicted octanol–water partition coefficient (Wildman–Crippen LogP) is 2.73. The minimum Gasteiger partial charge on any atom is -0.480 e. The second-order valence-electron chi connectivity index (χ2n) is 4.25. The molecule has 0 heterocycles. The van der Waals surface area contributed by atoms with Crippen LogP contribution in [0, 0.1) is 0 Å². The smallest absolute Gasteiger partial charge is 0.317 e. The normalized spacial score (nSPS) is 10.6. The third kappa shape index (κ3) is 5.36. The molecule has 0 saturated heterocycles. The first-order chi connectivity index (χ1) is 9.43. The Balaban J connectivity index is 2.65. The lowest BCUT2D eigenvalue weighted by Crippen LogP contribution is -2.37. The lowest BCUT2D eigenvalue weighted by atomic mass is 10.3. The average molecular weight is 319 g/mol. The van der Waals surface area contributed by atoms with Crippen molar-refractivity contribution in [3.63, 3.8) is 0 Å².